The Morgan fingerprint density at radius 1 is 0.971 bits per heavy atom. The Hall–Kier alpha value is -4.63. The summed E-state index contributed by atoms with van der Waals surface area (Å²) in [7, 11) is 0. The molecule has 6 nitrogen and oxygen atoms in total. The van der Waals surface area contributed by atoms with Crippen LogP contribution in [0.4, 0.5) is 5.88 Å². The maximum Gasteiger partial charge on any atom is 0.267 e. The lowest BCUT2D eigenvalue weighted by molar-refractivity contribution is -0.120. The maximum absolute atomic E-state index is 12.6. The standard InChI is InChI=1S/C28H23N3O3/c1-19-13-15-21(16-14-19)20(2)31-33-18-25(32)30-28-24(17-29)26(22-9-5-3-6-10-22)27(34-28)23-11-7-4-8-12-23/h3-16H,18H2,1-2H3,(H,30,32)/b31-20-. The van der Waals surface area contributed by atoms with Crippen molar-refractivity contribution in [3.05, 3.63) is 102 Å². The van der Waals surface area contributed by atoms with E-state index in [0.29, 0.717) is 17.0 Å². The summed E-state index contributed by atoms with van der Waals surface area (Å²) in [5.41, 5.74) is 5.19. The highest BCUT2D eigenvalue weighted by Gasteiger charge is 2.24. The third kappa shape index (κ3) is 5.05. The number of anilines is 1. The quantitative estimate of drug-likeness (QED) is 0.270. The Bertz CT molecular complexity index is 1350. The molecule has 1 amide bonds. The number of hydrogen-bond acceptors (Lipinski definition) is 5. The van der Waals surface area contributed by atoms with E-state index < -0.39 is 5.91 Å². The summed E-state index contributed by atoms with van der Waals surface area (Å²) in [4.78, 5) is 17.8. The van der Waals surface area contributed by atoms with E-state index in [1.807, 2.05) is 91.9 Å². The molecule has 4 rings (SSSR count). The van der Waals surface area contributed by atoms with Crippen LogP contribution in [0.25, 0.3) is 22.5 Å². The molecule has 1 aromatic heterocycles. The summed E-state index contributed by atoms with van der Waals surface area (Å²) < 4.78 is 6.01. The molecule has 3 aromatic carbocycles. The zero-order chi connectivity index (χ0) is 23.9. The number of oxime groups is 1. The molecule has 34 heavy (non-hydrogen) atoms. The molecule has 168 valence electrons. The third-order valence-electron chi connectivity index (χ3n) is 5.24. The lowest BCUT2D eigenvalue weighted by atomic mass is 9.98. The van der Waals surface area contributed by atoms with E-state index in [0.717, 1.165) is 22.3 Å². The van der Waals surface area contributed by atoms with Gasteiger partial charge in [-0.3, -0.25) is 10.1 Å². The summed E-state index contributed by atoms with van der Waals surface area (Å²) in [5, 5.41) is 16.6. The van der Waals surface area contributed by atoms with Gasteiger partial charge in [0.25, 0.3) is 5.91 Å². The molecule has 0 saturated heterocycles. The second-order valence-corrected chi connectivity index (χ2v) is 7.72. The molecule has 0 spiro atoms. The minimum absolute atomic E-state index is 0.0769. The molecule has 0 fully saturated rings. The van der Waals surface area contributed by atoms with Crippen LogP contribution in [0.5, 0.6) is 0 Å². The zero-order valence-electron chi connectivity index (χ0n) is 18.9. The Kier molecular flexibility index (Phi) is 6.85. The molecular weight excluding hydrogens is 426 g/mol. The lowest BCUT2D eigenvalue weighted by Crippen LogP contribution is -2.17. The van der Waals surface area contributed by atoms with Gasteiger partial charge in [-0.05, 0) is 25.0 Å². The first-order valence-corrected chi connectivity index (χ1v) is 10.8. The number of amides is 1. The lowest BCUT2D eigenvalue weighted by Gasteiger charge is -2.04. The average molecular weight is 450 g/mol. The van der Waals surface area contributed by atoms with Crippen LogP contribution in [0.15, 0.2) is 94.5 Å². The highest BCUT2D eigenvalue weighted by Crippen LogP contribution is 2.41. The highest BCUT2D eigenvalue weighted by molar-refractivity contribution is 5.99. The molecule has 0 unspecified atom stereocenters. The monoisotopic (exact) mass is 449 g/mol. The number of carbonyl (C=O) groups is 1. The van der Waals surface area contributed by atoms with Gasteiger partial charge >= 0.3 is 0 Å². The van der Waals surface area contributed by atoms with Crippen molar-refractivity contribution < 1.29 is 14.0 Å². The van der Waals surface area contributed by atoms with E-state index in [1.54, 1.807) is 6.92 Å². The van der Waals surface area contributed by atoms with Gasteiger partial charge < -0.3 is 9.25 Å². The van der Waals surface area contributed by atoms with Crippen LogP contribution in [0.3, 0.4) is 0 Å². The van der Waals surface area contributed by atoms with Gasteiger partial charge in [-0.1, -0.05) is 95.6 Å². The predicted octanol–water partition coefficient (Wildman–Crippen LogP) is 6.17. The fourth-order valence-electron chi connectivity index (χ4n) is 3.50. The first-order valence-electron chi connectivity index (χ1n) is 10.8. The Labute approximate surface area is 198 Å². The highest BCUT2D eigenvalue weighted by atomic mass is 16.6. The SMILES string of the molecule is C/C(=N/OCC(=O)Nc1oc(-c2ccccc2)c(-c2ccccc2)c1C#N)c1ccc(C)cc1. The van der Waals surface area contributed by atoms with Crippen LogP contribution in [0.1, 0.15) is 23.6 Å². The molecule has 1 N–H and O–H groups in total. The summed E-state index contributed by atoms with van der Waals surface area (Å²) in [6, 6.07) is 29.0. The van der Waals surface area contributed by atoms with Crippen molar-refractivity contribution in [2.75, 3.05) is 11.9 Å². The van der Waals surface area contributed by atoms with Gasteiger partial charge in [-0.2, -0.15) is 5.26 Å². The van der Waals surface area contributed by atoms with Gasteiger partial charge in [0.15, 0.2) is 6.61 Å². The first-order chi connectivity index (χ1) is 16.6. The molecule has 0 radical (unpaired) electrons. The minimum atomic E-state index is -0.482. The number of furan rings is 1. The van der Waals surface area contributed by atoms with Gasteiger partial charge in [0.2, 0.25) is 5.88 Å². The van der Waals surface area contributed by atoms with E-state index in [2.05, 4.69) is 16.5 Å². The van der Waals surface area contributed by atoms with E-state index in [1.165, 1.54) is 0 Å². The first kappa shape index (κ1) is 22.6. The smallest absolute Gasteiger partial charge is 0.267 e. The fourth-order valence-corrected chi connectivity index (χ4v) is 3.50. The fraction of sp³-hybridized carbons (Fsp3) is 0.107. The van der Waals surface area contributed by atoms with Crippen molar-refractivity contribution in [2.24, 2.45) is 5.16 Å². The Morgan fingerprint density at radius 2 is 1.59 bits per heavy atom. The van der Waals surface area contributed by atoms with E-state index in [-0.39, 0.29) is 18.1 Å². The van der Waals surface area contributed by atoms with Crippen molar-refractivity contribution >= 4 is 17.5 Å². The van der Waals surface area contributed by atoms with Crippen molar-refractivity contribution in [3.63, 3.8) is 0 Å². The Balaban J connectivity index is 1.56. The summed E-state index contributed by atoms with van der Waals surface area (Å²) in [6.45, 7) is 3.49. The van der Waals surface area contributed by atoms with Crippen molar-refractivity contribution in [2.45, 2.75) is 13.8 Å². The van der Waals surface area contributed by atoms with E-state index in [9.17, 15) is 10.1 Å². The van der Waals surface area contributed by atoms with Crippen LogP contribution in [-0.2, 0) is 9.63 Å². The van der Waals surface area contributed by atoms with Gasteiger partial charge in [0, 0.05) is 11.1 Å². The largest absolute Gasteiger partial charge is 0.438 e. The van der Waals surface area contributed by atoms with E-state index in [4.69, 9.17) is 9.25 Å². The predicted molar refractivity (Wildman–Crippen MR) is 132 cm³/mol. The number of carbonyl (C=O) groups excluding carboxylic acids is 1. The number of hydrogen-bond donors (Lipinski definition) is 1. The topological polar surface area (TPSA) is 87.6 Å². The van der Waals surface area contributed by atoms with Gasteiger partial charge in [-0.15, -0.1) is 0 Å². The molecular formula is C28H23N3O3. The number of aryl methyl sites for hydroxylation is 1. The molecule has 1 heterocycles. The average Bonchev–Trinajstić information content (AvgIpc) is 3.23. The van der Waals surface area contributed by atoms with Crippen molar-refractivity contribution in [3.8, 4) is 28.5 Å². The minimum Gasteiger partial charge on any atom is -0.438 e. The number of rotatable bonds is 7. The normalized spacial score (nSPS) is 11.0. The van der Waals surface area contributed by atoms with Gasteiger partial charge in [0.05, 0.1) is 5.71 Å². The second-order valence-electron chi connectivity index (χ2n) is 7.72. The van der Waals surface area contributed by atoms with Crippen LogP contribution >= 0.6 is 0 Å². The molecule has 6 heteroatoms. The van der Waals surface area contributed by atoms with Crippen molar-refractivity contribution in [1.29, 1.82) is 5.26 Å². The molecule has 0 aliphatic carbocycles. The third-order valence-corrected chi connectivity index (χ3v) is 5.24. The number of nitrogens with one attached hydrogen (secondary N) is 1. The molecule has 0 bridgehead atoms. The molecule has 0 atom stereocenters. The van der Waals surface area contributed by atoms with Gasteiger partial charge in [-0.25, -0.2) is 0 Å². The molecule has 0 aliphatic heterocycles. The second kappa shape index (κ2) is 10.3. The van der Waals surface area contributed by atoms with Crippen molar-refractivity contribution in [1.82, 2.24) is 0 Å². The number of nitriles is 1. The summed E-state index contributed by atoms with van der Waals surface area (Å²) in [6.07, 6.45) is 0. The number of benzene rings is 3. The maximum atomic E-state index is 12.6. The molecule has 0 saturated carbocycles. The van der Waals surface area contributed by atoms with Crippen LogP contribution in [-0.4, -0.2) is 18.2 Å². The van der Waals surface area contributed by atoms with Crippen LogP contribution < -0.4 is 5.32 Å². The Morgan fingerprint density at radius 3 is 2.21 bits per heavy atom. The van der Waals surface area contributed by atoms with E-state index >= 15 is 0 Å². The van der Waals surface area contributed by atoms with Crippen LogP contribution in [0, 0.1) is 18.3 Å². The molecule has 0 aliphatic rings. The molecule has 4 aromatic rings. The van der Waals surface area contributed by atoms with Gasteiger partial charge in [0.1, 0.15) is 17.4 Å². The van der Waals surface area contributed by atoms with Crippen LogP contribution in [0.2, 0.25) is 0 Å². The number of nitrogens with zero attached hydrogens (tertiary/aromatic N) is 2. The summed E-state index contributed by atoms with van der Waals surface area (Å²) >= 11 is 0. The zero-order valence-corrected chi connectivity index (χ0v) is 18.9. The summed E-state index contributed by atoms with van der Waals surface area (Å²) in [5.74, 6) is 0.103.